The summed E-state index contributed by atoms with van der Waals surface area (Å²) >= 11 is 0. The third-order valence-electron chi connectivity index (χ3n) is 9.18. The molecule has 10 rings (SSSR count). The van der Waals surface area contributed by atoms with Crippen LogP contribution in [0.1, 0.15) is 0 Å². The van der Waals surface area contributed by atoms with Gasteiger partial charge >= 0.3 is 0 Å². The first-order valence-corrected chi connectivity index (χ1v) is 16.5. The average molecular weight is 643 g/mol. The van der Waals surface area contributed by atoms with Crippen molar-refractivity contribution in [2.75, 3.05) is 0 Å². The number of para-hydroxylation sites is 1. The van der Waals surface area contributed by atoms with Gasteiger partial charge in [0.25, 0.3) is 0 Å². The van der Waals surface area contributed by atoms with Gasteiger partial charge in [0, 0.05) is 38.4 Å². The van der Waals surface area contributed by atoms with Crippen molar-refractivity contribution in [1.82, 2.24) is 19.9 Å². The number of furan rings is 1. The largest absolute Gasteiger partial charge is 0.456 e. The van der Waals surface area contributed by atoms with Crippen molar-refractivity contribution in [2.45, 2.75) is 0 Å². The average Bonchev–Trinajstić information content (AvgIpc) is 3.80. The molecule has 6 heteroatoms. The number of nitrogens with zero attached hydrogens (tertiary/aromatic N) is 4. The highest BCUT2D eigenvalue weighted by molar-refractivity contribution is 6.11. The maximum Gasteiger partial charge on any atom is 0.227 e. The van der Waals surface area contributed by atoms with Crippen LogP contribution in [0.25, 0.3) is 101 Å². The number of oxazole rings is 1. The Morgan fingerprint density at radius 2 is 1.04 bits per heavy atom. The van der Waals surface area contributed by atoms with Gasteiger partial charge in [0.15, 0.2) is 23.1 Å². The van der Waals surface area contributed by atoms with Crippen LogP contribution in [0.4, 0.5) is 0 Å². The molecule has 0 unspecified atom stereocenters. The Labute approximate surface area is 286 Å². The van der Waals surface area contributed by atoms with Crippen molar-refractivity contribution in [2.24, 2.45) is 0 Å². The molecule has 7 aromatic carbocycles. The van der Waals surface area contributed by atoms with E-state index in [1.165, 1.54) is 0 Å². The van der Waals surface area contributed by atoms with Gasteiger partial charge in [0.05, 0.1) is 0 Å². The van der Waals surface area contributed by atoms with E-state index in [2.05, 4.69) is 54.6 Å². The van der Waals surface area contributed by atoms with E-state index < -0.39 is 0 Å². The molecular formula is C44H26N4O2. The van der Waals surface area contributed by atoms with Crippen molar-refractivity contribution in [3.63, 3.8) is 0 Å². The van der Waals surface area contributed by atoms with E-state index >= 15 is 0 Å². The smallest absolute Gasteiger partial charge is 0.227 e. The lowest BCUT2D eigenvalue weighted by atomic mass is 9.99. The number of rotatable bonds is 5. The topological polar surface area (TPSA) is 77.8 Å². The van der Waals surface area contributed by atoms with E-state index in [0.29, 0.717) is 28.9 Å². The lowest BCUT2D eigenvalue weighted by Crippen LogP contribution is -2.01. The molecule has 3 aromatic heterocycles. The Morgan fingerprint density at radius 1 is 0.380 bits per heavy atom. The van der Waals surface area contributed by atoms with Crippen LogP contribution in [0.5, 0.6) is 0 Å². The van der Waals surface area contributed by atoms with Crippen molar-refractivity contribution in [1.29, 1.82) is 0 Å². The fraction of sp³-hybridized carbons (Fsp3) is 0. The minimum atomic E-state index is 0.535. The van der Waals surface area contributed by atoms with Gasteiger partial charge in [-0.1, -0.05) is 121 Å². The molecule has 234 valence electrons. The van der Waals surface area contributed by atoms with E-state index in [-0.39, 0.29) is 0 Å². The van der Waals surface area contributed by atoms with E-state index in [9.17, 15) is 0 Å². The minimum Gasteiger partial charge on any atom is -0.456 e. The van der Waals surface area contributed by atoms with E-state index in [1.54, 1.807) is 0 Å². The predicted molar refractivity (Wildman–Crippen MR) is 199 cm³/mol. The second kappa shape index (κ2) is 11.4. The first kappa shape index (κ1) is 28.1. The summed E-state index contributed by atoms with van der Waals surface area (Å²) < 4.78 is 12.8. The van der Waals surface area contributed by atoms with Gasteiger partial charge in [-0.25, -0.2) is 19.9 Å². The molecule has 0 aliphatic carbocycles. The molecule has 0 N–H and O–H groups in total. The zero-order chi connectivity index (χ0) is 33.0. The number of aromatic nitrogens is 4. The van der Waals surface area contributed by atoms with Crippen LogP contribution in [0.2, 0.25) is 0 Å². The first-order chi connectivity index (χ1) is 24.8. The molecule has 0 amide bonds. The van der Waals surface area contributed by atoms with Gasteiger partial charge < -0.3 is 8.83 Å². The number of fused-ring (bicyclic) bond motifs is 6. The molecule has 0 bridgehead atoms. The van der Waals surface area contributed by atoms with Gasteiger partial charge in [-0.05, 0) is 52.9 Å². The molecule has 6 nitrogen and oxygen atoms in total. The molecule has 0 saturated carbocycles. The summed E-state index contributed by atoms with van der Waals surface area (Å²) in [5.41, 5.74) is 8.67. The molecule has 10 aromatic rings. The lowest BCUT2D eigenvalue weighted by Gasteiger charge is -2.13. The molecule has 0 fully saturated rings. The Morgan fingerprint density at radius 3 is 1.88 bits per heavy atom. The van der Waals surface area contributed by atoms with Gasteiger partial charge in [-0.3, -0.25) is 0 Å². The summed E-state index contributed by atoms with van der Waals surface area (Å²) in [7, 11) is 0. The monoisotopic (exact) mass is 642 g/mol. The summed E-state index contributed by atoms with van der Waals surface area (Å²) in [6, 6.07) is 53.0. The van der Waals surface area contributed by atoms with Crippen LogP contribution in [-0.4, -0.2) is 19.9 Å². The number of hydrogen-bond acceptors (Lipinski definition) is 6. The van der Waals surface area contributed by atoms with Crippen molar-refractivity contribution >= 4 is 43.8 Å². The highest BCUT2D eigenvalue weighted by Crippen LogP contribution is 2.38. The van der Waals surface area contributed by atoms with Gasteiger partial charge in [-0.2, -0.15) is 0 Å². The Kier molecular flexibility index (Phi) is 6.39. The summed E-state index contributed by atoms with van der Waals surface area (Å²) in [6.07, 6.45) is 0. The number of benzene rings is 7. The molecule has 3 heterocycles. The van der Waals surface area contributed by atoms with E-state index in [1.807, 2.05) is 103 Å². The maximum absolute atomic E-state index is 6.52. The van der Waals surface area contributed by atoms with Crippen LogP contribution >= 0.6 is 0 Å². The zero-order valence-corrected chi connectivity index (χ0v) is 26.6. The highest BCUT2D eigenvalue weighted by Gasteiger charge is 2.20. The van der Waals surface area contributed by atoms with Gasteiger partial charge in [0.2, 0.25) is 5.89 Å². The molecular weight excluding hydrogens is 617 g/mol. The molecule has 0 aliphatic rings. The third-order valence-corrected chi connectivity index (χ3v) is 9.18. The van der Waals surface area contributed by atoms with Crippen LogP contribution in [0.15, 0.2) is 167 Å². The summed E-state index contributed by atoms with van der Waals surface area (Å²) in [6.45, 7) is 0. The first-order valence-electron chi connectivity index (χ1n) is 16.5. The third kappa shape index (κ3) is 4.65. The Balaban J connectivity index is 1.23. The fourth-order valence-electron chi connectivity index (χ4n) is 6.80. The number of hydrogen-bond donors (Lipinski definition) is 0. The Hall–Kier alpha value is -6.92. The fourth-order valence-corrected chi connectivity index (χ4v) is 6.80. The summed E-state index contributed by atoms with van der Waals surface area (Å²) in [5, 5.41) is 4.02. The molecule has 0 radical (unpaired) electrons. The second-order valence-corrected chi connectivity index (χ2v) is 12.2. The lowest BCUT2D eigenvalue weighted by molar-refractivity contribution is 0.623. The Bertz CT molecular complexity index is 2880. The van der Waals surface area contributed by atoms with Crippen LogP contribution in [0, 0.1) is 0 Å². The van der Waals surface area contributed by atoms with E-state index in [0.717, 1.165) is 71.6 Å². The van der Waals surface area contributed by atoms with Crippen LogP contribution < -0.4 is 0 Å². The molecule has 0 atom stereocenters. The van der Waals surface area contributed by atoms with Crippen LogP contribution in [-0.2, 0) is 0 Å². The molecule has 0 saturated heterocycles. The van der Waals surface area contributed by atoms with Crippen molar-refractivity contribution in [3.05, 3.63) is 158 Å². The quantitative estimate of drug-likeness (QED) is 0.186. The second-order valence-electron chi connectivity index (χ2n) is 12.2. The van der Waals surface area contributed by atoms with Crippen molar-refractivity contribution < 1.29 is 8.83 Å². The van der Waals surface area contributed by atoms with Crippen molar-refractivity contribution in [3.8, 4) is 56.7 Å². The predicted octanol–water partition coefficient (Wildman–Crippen LogP) is 11.4. The molecule has 50 heavy (non-hydrogen) atoms. The molecule has 0 spiro atoms. The molecule has 0 aliphatic heterocycles. The summed E-state index contributed by atoms with van der Waals surface area (Å²) in [4.78, 5) is 20.3. The normalized spacial score (nSPS) is 11.6. The highest BCUT2D eigenvalue weighted by atomic mass is 16.3. The van der Waals surface area contributed by atoms with Gasteiger partial charge in [-0.15, -0.1) is 0 Å². The minimum absolute atomic E-state index is 0.535. The SMILES string of the molecule is c1ccc(-c2nc3ccc4cccc(-c5nc(-c6ccc7c(c6)oc6ccccc67)nc(-c6ccccc6-c6ccccc6)n5)c4c3o2)cc1. The van der Waals surface area contributed by atoms with E-state index in [4.69, 9.17) is 28.8 Å². The van der Waals surface area contributed by atoms with Gasteiger partial charge in [0.1, 0.15) is 16.7 Å². The maximum atomic E-state index is 6.52. The zero-order valence-electron chi connectivity index (χ0n) is 26.6. The summed E-state index contributed by atoms with van der Waals surface area (Å²) in [5.74, 6) is 2.21. The standard InChI is InChI=1S/C44H26N4O2/c1-3-12-27(13-4-1)31-17-7-8-19-34(31)42-46-41(30-22-24-33-32-18-9-10-21-37(32)49-38(33)26-30)47-43(48-42)35-20-11-16-28-23-25-36-40(39(28)35)50-44(45-36)29-14-5-2-6-15-29/h1-26H. The van der Waals surface area contributed by atoms with Crippen LogP contribution in [0.3, 0.4) is 0 Å².